The van der Waals surface area contributed by atoms with Crippen molar-refractivity contribution >= 4 is 5.82 Å². The number of pyridine rings is 2. The van der Waals surface area contributed by atoms with E-state index in [2.05, 4.69) is 31.1 Å². The summed E-state index contributed by atoms with van der Waals surface area (Å²) in [7, 11) is 0. The van der Waals surface area contributed by atoms with Gasteiger partial charge in [-0.15, -0.1) is 0 Å². The first-order valence-electron chi connectivity index (χ1n) is 9.09. The van der Waals surface area contributed by atoms with Crippen molar-refractivity contribution in [1.29, 1.82) is 5.26 Å². The summed E-state index contributed by atoms with van der Waals surface area (Å²) in [5.41, 5.74) is 2.29. The summed E-state index contributed by atoms with van der Waals surface area (Å²) in [5, 5.41) is 13.3. The van der Waals surface area contributed by atoms with Gasteiger partial charge in [-0.1, -0.05) is 11.2 Å². The fraction of sp³-hybridized carbons (Fsp3) is 0.350. The maximum atomic E-state index is 9.26. The van der Waals surface area contributed by atoms with Crippen LogP contribution in [0.2, 0.25) is 0 Å². The Morgan fingerprint density at radius 1 is 1.19 bits per heavy atom. The zero-order valence-electron chi connectivity index (χ0n) is 15.2. The third kappa shape index (κ3) is 3.80. The maximum absolute atomic E-state index is 9.26. The molecule has 136 valence electrons. The number of rotatable bonds is 4. The summed E-state index contributed by atoms with van der Waals surface area (Å²) in [6.45, 7) is 3.69. The minimum absolute atomic E-state index is 0.481. The van der Waals surface area contributed by atoms with E-state index in [1.807, 2.05) is 31.2 Å². The molecule has 0 amide bonds. The van der Waals surface area contributed by atoms with E-state index in [1.165, 1.54) is 0 Å². The molecule has 27 heavy (non-hydrogen) atoms. The molecule has 1 fully saturated rings. The van der Waals surface area contributed by atoms with Gasteiger partial charge in [0.2, 0.25) is 11.7 Å². The van der Waals surface area contributed by atoms with Crippen LogP contribution in [0.1, 0.15) is 30.0 Å². The van der Waals surface area contributed by atoms with Gasteiger partial charge in [-0.25, -0.2) is 9.97 Å². The molecule has 0 unspecified atom stereocenters. The Morgan fingerprint density at radius 2 is 2.04 bits per heavy atom. The minimum Gasteiger partial charge on any atom is -0.356 e. The highest BCUT2D eigenvalue weighted by Gasteiger charge is 2.24. The SMILES string of the molecule is Cc1cccc(-c2noc(CC3CCN(c4ncccc4C#N)CC3)n2)n1. The average Bonchev–Trinajstić information content (AvgIpc) is 3.17. The standard InChI is InChI=1S/C20H20N6O/c1-14-4-2-6-17(23-14)19-24-18(27-25-19)12-15-7-10-26(11-8-15)20-16(13-21)5-3-9-22-20/h2-6,9,15H,7-8,10-12H2,1H3. The second kappa shape index (κ2) is 7.54. The van der Waals surface area contributed by atoms with Gasteiger partial charge in [0.15, 0.2) is 0 Å². The molecule has 1 aliphatic heterocycles. The average molecular weight is 360 g/mol. The molecule has 0 radical (unpaired) electrons. The largest absolute Gasteiger partial charge is 0.356 e. The fourth-order valence-electron chi connectivity index (χ4n) is 3.44. The lowest BCUT2D eigenvalue weighted by atomic mass is 9.93. The predicted molar refractivity (Wildman–Crippen MR) is 99.9 cm³/mol. The molecule has 7 heteroatoms. The van der Waals surface area contributed by atoms with Crippen LogP contribution in [0.15, 0.2) is 41.1 Å². The molecule has 0 bridgehead atoms. The van der Waals surface area contributed by atoms with E-state index in [0.29, 0.717) is 23.2 Å². The molecular weight excluding hydrogens is 340 g/mol. The van der Waals surface area contributed by atoms with Gasteiger partial charge < -0.3 is 9.42 Å². The van der Waals surface area contributed by atoms with Crippen LogP contribution in [-0.4, -0.2) is 33.2 Å². The Balaban J connectivity index is 1.38. The number of anilines is 1. The summed E-state index contributed by atoms with van der Waals surface area (Å²) < 4.78 is 5.44. The number of nitrogens with zero attached hydrogens (tertiary/aromatic N) is 6. The Labute approximate surface area is 157 Å². The van der Waals surface area contributed by atoms with E-state index < -0.39 is 0 Å². The van der Waals surface area contributed by atoms with Crippen molar-refractivity contribution in [3.05, 3.63) is 53.7 Å². The molecule has 0 saturated carbocycles. The Morgan fingerprint density at radius 3 is 2.81 bits per heavy atom. The van der Waals surface area contributed by atoms with Crippen LogP contribution in [0.4, 0.5) is 5.82 Å². The Kier molecular flexibility index (Phi) is 4.79. The van der Waals surface area contributed by atoms with Crippen LogP contribution in [0.3, 0.4) is 0 Å². The molecule has 0 spiro atoms. The molecule has 0 atom stereocenters. The normalized spacial score (nSPS) is 14.9. The van der Waals surface area contributed by atoms with Gasteiger partial charge in [0.1, 0.15) is 17.6 Å². The third-order valence-corrected chi connectivity index (χ3v) is 4.87. The van der Waals surface area contributed by atoms with Crippen molar-refractivity contribution in [2.24, 2.45) is 5.92 Å². The zero-order chi connectivity index (χ0) is 18.6. The lowest BCUT2D eigenvalue weighted by Crippen LogP contribution is -2.35. The van der Waals surface area contributed by atoms with E-state index in [-0.39, 0.29) is 0 Å². The molecule has 0 aromatic carbocycles. The zero-order valence-corrected chi connectivity index (χ0v) is 15.2. The summed E-state index contributed by atoms with van der Waals surface area (Å²) >= 11 is 0. The first-order chi connectivity index (χ1) is 13.2. The van der Waals surface area contributed by atoms with E-state index in [9.17, 15) is 5.26 Å². The van der Waals surface area contributed by atoms with Crippen LogP contribution < -0.4 is 4.90 Å². The molecular formula is C20H20N6O. The number of piperidine rings is 1. The predicted octanol–water partition coefficient (Wildman–Crippen LogP) is 3.17. The molecule has 1 aliphatic rings. The molecule has 0 N–H and O–H groups in total. The third-order valence-electron chi connectivity index (χ3n) is 4.87. The summed E-state index contributed by atoms with van der Waals surface area (Å²) in [6.07, 6.45) is 4.51. The quantitative estimate of drug-likeness (QED) is 0.705. The number of hydrogen-bond acceptors (Lipinski definition) is 7. The monoisotopic (exact) mass is 360 g/mol. The minimum atomic E-state index is 0.481. The summed E-state index contributed by atoms with van der Waals surface area (Å²) in [5.74, 6) is 2.46. The molecule has 3 aromatic rings. The summed E-state index contributed by atoms with van der Waals surface area (Å²) in [4.78, 5) is 15.5. The molecule has 0 aliphatic carbocycles. The number of aromatic nitrogens is 4. The lowest BCUT2D eigenvalue weighted by Gasteiger charge is -2.32. The smallest absolute Gasteiger partial charge is 0.227 e. The van der Waals surface area contributed by atoms with Gasteiger partial charge in [-0.3, -0.25) is 0 Å². The van der Waals surface area contributed by atoms with E-state index >= 15 is 0 Å². The van der Waals surface area contributed by atoms with Crippen LogP contribution in [0.5, 0.6) is 0 Å². The van der Waals surface area contributed by atoms with Crippen LogP contribution in [0.25, 0.3) is 11.5 Å². The molecule has 4 rings (SSSR count). The number of hydrogen-bond donors (Lipinski definition) is 0. The molecule has 4 heterocycles. The van der Waals surface area contributed by atoms with Crippen molar-refractivity contribution in [2.45, 2.75) is 26.2 Å². The highest BCUT2D eigenvalue weighted by atomic mass is 16.5. The van der Waals surface area contributed by atoms with Crippen LogP contribution >= 0.6 is 0 Å². The fourth-order valence-corrected chi connectivity index (χ4v) is 3.44. The second-order valence-electron chi connectivity index (χ2n) is 6.80. The maximum Gasteiger partial charge on any atom is 0.227 e. The van der Waals surface area contributed by atoms with Crippen molar-refractivity contribution in [3.8, 4) is 17.6 Å². The van der Waals surface area contributed by atoms with E-state index in [0.717, 1.165) is 49.6 Å². The topological polar surface area (TPSA) is 91.7 Å². The second-order valence-corrected chi connectivity index (χ2v) is 6.80. The van der Waals surface area contributed by atoms with E-state index in [4.69, 9.17) is 4.52 Å². The van der Waals surface area contributed by atoms with Crippen LogP contribution in [-0.2, 0) is 6.42 Å². The lowest BCUT2D eigenvalue weighted by molar-refractivity contribution is 0.324. The van der Waals surface area contributed by atoms with E-state index in [1.54, 1.807) is 12.3 Å². The first-order valence-corrected chi connectivity index (χ1v) is 9.09. The van der Waals surface area contributed by atoms with Crippen LogP contribution in [0, 0.1) is 24.2 Å². The highest BCUT2D eigenvalue weighted by molar-refractivity contribution is 5.53. The van der Waals surface area contributed by atoms with Crippen molar-refractivity contribution in [2.75, 3.05) is 18.0 Å². The van der Waals surface area contributed by atoms with Gasteiger partial charge in [0.05, 0.1) is 5.56 Å². The van der Waals surface area contributed by atoms with Gasteiger partial charge in [-0.2, -0.15) is 10.2 Å². The first kappa shape index (κ1) is 17.2. The number of nitriles is 1. The highest BCUT2D eigenvalue weighted by Crippen LogP contribution is 2.26. The number of aryl methyl sites for hydroxylation is 1. The van der Waals surface area contributed by atoms with Gasteiger partial charge in [0, 0.05) is 31.4 Å². The van der Waals surface area contributed by atoms with Crippen molar-refractivity contribution in [3.63, 3.8) is 0 Å². The molecule has 1 saturated heterocycles. The van der Waals surface area contributed by atoms with Crippen molar-refractivity contribution in [1.82, 2.24) is 20.1 Å². The van der Waals surface area contributed by atoms with Crippen molar-refractivity contribution < 1.29 is 4.52 Å². The molecule has 3 aromatic heterocycles. The Bertz CT molecular complexity index is 968. The van der Waals surface area contributed by atoms with Gasteiger partial charge in [-0.05, 0) is 49.9 Å². The molecule has 7 nitrogen and oxygen atoms in total. The Hall–Kier alpha value is -3.27. The van der Waals surface area contributed by atoms with Gasteiger partial charge >= 0.3 is 0 Å². The summed E-state index contributed by atoms with van der Waals surface area (Å²) in [6, 6.07) is 11.6. The van der Waals surface area contributed by atoms with Gasteiger partial charge in [0.25, 0.3) is 0 Å².